The minimum Gasteiger partial charge on any atom is -0.288 e. The van der Waals surface area contributed by atoms with Crippen molar-refractivity contribution in [2.45, 2.75) is 0 Å². The highest BCUT2D eigenvalue weighted by molar-refractivity contribution is 4.86. The molecule has 0 atom stereocenters. The first-order valence-electron chi connectivity index (χ1n) is 2.16. The summed E-state index contributed by atoms with van der Waals surface area (Å²) in [6.07, 6.45) is 2.63. The normalized spacial score (nSPS) is 8.50. The molecule has 1 heterocycles. The highest BCUT2D eigenvalue weighted by Gasteiger charge is 1.71. The van der Waals surface area contributed by atoms with E-state index in [9.17, 15) is 4.79 Å². The average molecular weight is 108 g/mol. The van der Waals surface area contributed by atoms with Gasteiger partial charge in [-0.3, -0.25) is 4.79 Å². The third kappa shape index (κ3) is 1.11. The van der Waals surface area contributed by atoms with Gasteiger partial charge in [-0.15, -0.1) is 0 Å². The zero-order valence-corrected chi connectivity index (χ0v) is 4.11. The molecule has 0 spiro atoms. The van der Waals surface area contributed by atoms with E-state index in [-0.39, 0.29) is 5.43 Å². The lowest BCUT2D eigenvalue weighted by atomic mass is 10.5. The molecule has 0 amide bonds. The van der Waals surface area contributed by atoms with Gasteiger partial charge in [-0.2, -0.15) is 10.2 Å². The summed E-state index contributed by atoms with van der Waals surface area (Å²) < 4.78 is 0. The molecule has 3 heteroatoms. The van der Waals surface area contributed by atoms with E-state index >= 15 is 0 Å². The van der Waals surface area contributed by atoms with Gasteiger partial charge < -0.3 is 0 Å². The second-order valence-electron chi connectivity index (χ2n) is 1.27. The molecule has 0 unspecified atom stereocenters. The summed E-state index contributed by atoms with van der Waals surface area (Å²) in [5.74, 6) is 0. The molecule has 0 bridgehead atoms. The summed E-state index contributed by atoms with van der Waals surface area (Å²) in [7, 11) is 0. The lowest BCUT2D eigenvalue weighted by Gasteiger charge is -1.55. The zero-order chi connectivity index (χ0) is 5.82. The van der Waals surface area contributed by atoms with Gasteiger partial charge in [-0.05, 0) is 12.1 Å². The Balaban J connectivity index is 3.32. The molecule has 0 aliphatic carbocycles. The fraction of sp³-hybridized carbons (Fsp3) is 0. The third-order valence-electron chi connectivity index (χ3n) is 0.665. The first-order chi connectivity index (χ1) is 3.89. The first kappa shape index (κ1) is 4.90. The molecule has 1 rings (SSSR count). The van der Waals surface area contributed by atoms with Crippen molar-refractivity contribution in [2.75, 3.05) is 0 Å². The number of aromatic nitrogens is 2. The van der Waals surface area contributed by atoms with E-state index in [1.54, 1.807) is 6.07 Å². The summed E-state index contributed by atoms with van der Waals surface area (Å²) in [5, 5.41) is 6.84. The Kier molecular flexibility index (Phi) is 1.32. The van der Waals surface area contributed by atoms with E-state index in [1.165, 1.54) is 18.5 Å². The summed E-state index contributed by atoms with van der Waals surface area (Å²) >= 11 is 0. The van der Waals surface area contributed by atoms with Crippen molar-refractivity contribution < 1.29 is 0 Å². The summed E-state index contributed by atoms with van der Waals surface area (Å²) in [4.78, 5) is 10.4. The quantitative estimate of drug-likeness (QED) is 0.463. The van der Waals surface area contributed by atoms with Crippen molar-refractivity contribution in [3.05, 3.63) is 34.7 Å². The van der Waals surface area contributed by atoms with E-state index in [4.69, 9.17) is 0 Å². The third-order valence-corrected chi connectivity index (χ3v) is 0.665. The zero-order valence-electron chi connectivity index (χ0n) is 4.11. The molecule has 0 saturated carbocycles. The van der Waals surface area contributed by atoms with Crippen LogP contribution < -0.4 is 5.43 Å². The van der Waals surface area contributed by atoms with Crippen molar-refractivity contribution in [3.8, 4) is 0 Å². The molecule has 0 saturated heterocycles. The monoisotopic (exact) mass is 108 g/mol. The van der Waals surface area contributed by atoms with Crippen molar-refractivity contribution in [3.63, 3.8) is 0 Å². The van der Waals surface area contributed by atoms with Gasteiger partial charge in [0.2, 0.25) is 0 Å². The Hall–Kier alpha value is -1.25. The number of hydrogen-bond donors (Lipinski definition) is 0. The molecule has 1 aromatic rings. The van der Waals surface area contributed by atoms with Crippen LogP contribution in [0.2, 0.25) is 0 Å². The van der Waals surface area contributed by atoms with E-state index < -0.39 is 0 Å². The van der Waals surface area contributed by atoms with E-state index in [0.29, 0.717) is 0 Å². The van der Waals surface area contributed by atoms with Gasteiger partial charge in [0.1, 0.15) is 0 Å². The smallest absolute Gasteiger partial charge is 0.198 e. The van der Waals surface area contributed by atoms with Crippen LogP contribution in [0.1, 0.15) is 0 Å². The van der Waals surface area contributed by atoms with Gasteiger partial charge in [0, 0.05) is 6.20 Å². The molecular formula is C5H4N2O. The Labute approximate surface area is 46.0 Å². The van der Waals surface area contributed by atoms with Crippen LogP contribution in [0.25, 0.3) is 0 Å². The van der Waals surface area contributed by atoms with Crippen LogP contribution in [0.4, 0.5) is 0 Å². The predicted molar refractivity (Wildman–Crippen MR) is 28.3 cm³/mol. The van der Waals surface area contributed by atoms with Crippen LogP contribution in [0, 0.1) is 0 Å². The largest absolute Gasteiger partial charge is 0.288 e. The maximum absolute atomic E-state index is 10.4. The Morgan fingerprint density at radius 1 is 1.38 bits per heavy atom. The molecule has 0 fully saturated rings. The van der Waals surface area contributed by atoms with Gasteiger partial charge in [0.15, 0.2) is 5.43 Å². The topological polar surface area (TPSA) is 42.9 Å². The molecule has 0 aliphatic heterocycles. The van der Waals surface area contributed by atoms with Crippen LogP contribution in [0.5, 0.6) is 0 Å². The van der Waals surface area contributed by atoms with E-state index in [2.05, 4.69) is 10.2 Å². The first-order valence-corrected chi connectivity index (χ1v) is 2.16. The van der Waals surface area contributed by atoms with Crippen LogP contribution in [0.15, 0.2) is 29.3 Å². The standard InChI is InChI=1S/C5H4N2O/c8-5-2-1-3-6-7-4-5/h1-4H. The second-order valence-corrected chi connectivity index (χ2v) is 1.27. The van der Waals surface area contributed by atoms with Crippen LogP contribution in [-0.4, -0.2) is 10.2 Å². The molecular weight excluding hydrogens is 104 g/mol. The number of hydrogen-bond acceptors (Lipinski definition) is 3. The number of rotatable bonds is 0. The van der Waals surface area contributed by atoms with Crippen molar-refractivity contribution in [2.24, 2.45) is 0 Å². The molecule has 8 heavy (non-hydrogen) atoms. The molecule has 0 aliphatic rings. The predicted octanol–water partition coefficient (Wildman–Crippen LogP) is -0.163. The van der Waals surface area contributed by atoms with E-state index in [1.807, 2.05) is 0 Å². The average Bonchev–Trinajstić information content (AvgIpc) is 1.94. The van der Waals surface area contributed by atoms with Gasteiger partial charge in [-0.1, -0.05) is 0 Å². The molecule has 40 valence electrons. The highest BCUT2D eigenvalue weighted by Crippen LogP contribution is 1.62. The minimum atomic E-state index is -0.123. The van der Waals surface area contributed by atoms with Gasteiger partial charge in [-0.25, -0.2) is 0 Å². The van der Waals surface area contributed by atoms with Crippen molar-refractivity contribution in [1.29, 1.82) is 0 Å². The molecule has 0 aromatic carbocycles. The maximum Gasteiger partial charge on any atom is 0.198 e. The fourth-order valence-electron chi connectivity index (χ4n) is 0.348. The SMILES string of the molecule is O=c1cccnnc1. The minimum absolute atomic E-state index is 0.123. The number of nitrogens with zero attached hydrogens (tertiary/aromatic N) is 2. The van der Waals surface area contributed by atoms with Crippen molar-refractivity contribution >= 4 is 0 Å². The Morgan fingerprint density at radius 3 is 3.12 bits per heavy atom. The lowest BCUT2D eigenvalue weighted by molar-refractivity contribution is 1.05. The summed E-state index contributed by atoms with van der Waals surface area (Å²) in [5.41, 5.74) is -0.123. The van der Waals surface area contributed by atoms with Crippen LogP contribution in [0.3, 0.4) is 0 Å². The highest BCUT2D eigenvalue weighted by atomic mass is 16.1. The van der Waals surface area contributed by atoms with Crippen molar-refractivity contribution in [1.82, 2.24) is 10.2 Å². The molecule has 1 aromatic heterocycles. The maximum atomic E-state index is 10.4. The lowest BCUT2D eigenvalue weighted by Crippen LogP contribution is -1.90. The second kappa shape index (κ2) is 2.16. The summed E-state index contributed by atoms with van der Waals surface area (Å²) in [6.45, 7) is 0. The van der Waals surface area contributed by atoms with E-state index in [0.717, 1.165) is 0 Å². The van der Waals surface area contributed by atoms with Gasteiger partial charge >= 0.3 is 0 Å². The molecule has 0 N–H and O–H groups in total. The Morgan fingerprint density at radius 2 is 2.25 bits per heavy atom. The fourth-order valence-corrected chi connectivity index (χ4v) is 0.348. The molecule has 3 nitrogen and oxygen atoms in total. The molecule has 0 radical (unpaired) electrons. The van der Waals surface area contributed by atoms with Gasteiger partial charge in [0.25, 0.3) is 0 Å². The van der Waals surface area contributed by atoms with Crippen LogP contribution >= 0.6 is 0 Å². The Bertz CT molecular complexity index is 201. The van der Waals surface area contributed by atoms with Crippen LogP contribution in [-0.2, 0) is 0 Å². The summed E-state index contributed by atoms with van der Waals surface area (Å²) in [6, 6.07) is 2.95. The van der Waals surface area contributed by atoms with Gasteiger partial charge in [0.05, 0.1) is 6.20 Å².